The van der Waals surface area contributed by atoms with Crippen molar-refractivity contribution in [3.63, 3.8) is 0 Å². The van der Waals surface area contributed by atoms with Crippen molar-refractivity contribution in [3.05, 3.63) is 54.1 Å². The zero-order valence-corrected chi connectivity index (χ0v) is 19.7. The summed E-state index contributed by atoms with van der Waals surface area (Å²) in [6.07, 6.45) is 0.819. The molecule has 2 aromatic carbocycles. The number of fused-ring (bicyclic) bond motifs is 1. The molecule has 8 heteroatoms. The van der Waals surface area contributed by atoms with Crippen molar-refractivity contribution in [1.82, 2.24) is 14.9 Å². The van der Waals surface area contributed by atoms with Crippen LogP contribution in [-0.2, 0) is 16.0 Å². The molecule has 3 aromatic rings. The standard InChI is InChI=1S/C24H29N5O2S/c1-5-17-11-7-9-13-19(17)26-21(30)15-29(4)23(31)16(3)32-24-27-20-14-10-8-12-18(20)22(28-24)25-6-2/h7-14,16H,5-6,15H2,1-4H3,(H,26,30)(H,25,27,28). The number of anilines is 2. The van der Waals surface area contributed by atoms with Crippen LogP contribution in [0.25, 0.3) is 10.9 Å². The molecule has 2 amide bonds. The molecule has 0 saturated heterocycles. The van der Waals surface area contributed by atoms with Crippen molar-refractivity contribution in [1.29, 1.82) is 0 Å². The lowest BCUT2D eigenvalue weighted by molar-refractivity contribution is -0.132. The Morgan fingerprint density at radius 3 is 2.53 bits per heavy atom. The van der Waals surface area contributed by atoms with Crippen molar-refractivity contribution in [2.45, 2.75) is 37.6 Å². The Labute approximate surface area is 193 Å². The fourth-order valence-corrected chi connectivity index (χ4v) is 4.25. The van der Waals surface area contributed by atoms with E-state index in [1.54, 1.807) is 14.0 Å². The molecule has 32 heavy (non-hydrogen) atoms. The predicted octanol–water partition coefficient (Wildman–Crippen LogP) is 4.20. The molecule has 2 N–H and O–H groups in total. The minimum absolute atomic E-state index is 0.0248. The van der Waals surface area contributed by atoms with Gasteiger partial charge in [0.25, 0.3) is 0 Å². The molecule has 3 rings (SSSR count). The van der Waals surface area contributed by atoms with Gasteiger partial charge in [0.05, 0.1) is 17.3 Å². The van der Waals surface area contributed by atoms with Gasteiger partial charge in [-0.2, -0.15) is 0 Å². The van der Waals surface area contributed by atoms with Gasteiger partial charge in [0.2, 0.25) is 11.8 Å². The number of nitrogens with zero attached hydrogens (tertiary/aromatic N) is 3. The summed E-state index contributed by atoms with van der Waals surface area (Å²) in [5, 5.41) is 7.20. The highest BCUT2D eigenvalue weighted by Crippen LogP contribution is 2.27. The zero-order chi connectivity index (χ0) is 23.1. The maximum atomic E-state index is 12.9. The van der Waals surface area contributed by atoms with Gasteiger partial charge in [-0.05, 0) is 44.0 Å². The van der Waals surface area contributed by atoms with Gasteiger partial charge in [0.15, 0.2) is 5.16 Å². The highest BCUT2D eigenvalue weighted by molar-refractivity contribution is 8.00. The first-order chi connectivity index (χ1) is 15.4. The van der Waals surface area contributed by atoms with Gasteiger partial charge in [-0.15, -0.1) is 0 Å². The van der Waals surface area contributed by atoms with Gasteiger partial charge >= 0.3 is 0 Å². The number of amides is 2. The third kappa shape index (κ3) is 5.76. The second-order valence-electron chi connectivity index (χ2n) is 7.42. The average Bonchev–Trinajstić information content (AvgIpc) is 2.79. The lowest BCUT2D eigenvalue weighted by atomic mass is 10.1. The largest absolute Gasteiger partial charge is 0.370 e. The minimum atomic E-state index is -0.439. The summed E-state index contributed by atoms with van der Waals surface area (Å²) >= 11 is 1.29. The fraction of sp³-hybridized carbons (Fsp3) is 0.333. The second-order valence-corrected chi connectivity index (χ2v) is 8.72. The van der Waals surface area contributed by atoms with Crippen LogP contribution in [-0.4, -0.2) is 52.1 Å². The quantitative estimate of drug-likeness (QED) is 0.374. The third-order valence-corrected chi connectivity index (χ3v) is 5.93. The van der Waals surface area contributed by atoms with Crippen LogP contribution >= 0.6 is 11.8 Å². The molecule has 1 atom stereocenters. The van der Waals surface area contributed by atoms with E-state index in [1.807, 2.05) is 62.4 Å². The molecule has 0 aliphatic carbocycles. The molecule has 1 aromatic heterocycles. The molecule has 1 unspecified atom stereocenters. The molecular weight excluding hydrogens is 422 g/mol. The van der Waals surface area contributed by atoms with Crippen LogP contribution in [0, 0.1) is 0 Å². The molecule has 168 valence electrons. The van der Waals surface area contributed by atoms with E-state index >= 15 is 0 Å². The van der Waals surface area contributed by atoms with Crippen LogP contribution in [0.15, 0.2) is 53.7 Å². The highest BCUT2D eigenvalue weighted by Gasteiger charge is 2.22. The van der Waals surface area contributed by atoms with E-state index in [0.29, 0.717) is 5.16 Å². The minimum Gasteiger partial charge on any atom is -0.370 e. The number of aromatic nitrogens is 2. The summed E-state index contributed by atoms with van der Waals surface area (Å²) in [5.41, 5.74) is 2.66. The molecule has 0 saturated carbocycles. The molecule has 0 aliphatic heterocycles. The SMILES string of the molecule is CCNc1nc(SC(C)C(=O)N(C)CC(=O)Nc2ccccc2CC)nc2ccccc12. The molecular formula is C24H29N5O2S. The predicted molar refractivity (Wildman–Crippen MR) is 131 cm³/mol. The Kier molecular flexibility index (Phi) is 8.05. The molecule has 0 spiro atoms. The van der Waals surface area contributed by atoms with Crippen LogP contribution < -0.4 is 10.6 Å². The second kappa shape index (κ2) is 10.9. The number of likely N-dealkylation sites (N-methyl/N-ethyl adjacent to an activating group) is 1. The van der Waals surface area contributed by atoms with Crippen molar-refractivity contribution in [2.24, 2.45) is 0 Å². The first kappa shape index (κ1) is 23.5. The fourth-order valence-electron chi connectivity index (χ4n) is 3.36. The van der Waals surface area contributed by atoms with Crippen LogP contribution in [0.1, 0.15) is 26.3 Å². The van der Waals surface area contributed by atoms with Crippen molar-refractivity contribution in [2.75, 3.05) is 30.8 Å². The maximum absolute atomic E-state index is 12.9. The summed E-state index contributed by atoms with van der Waals surface area (Å²) in [4.78, 5) is 36.0. The van der Waals surface area contributed by atoms with E-state index in [4.69, 9.17) is 0 Å². The van der Waals surface area contributed by atoms with Crippen molar-refractivity contribution in [3.8, 4) is 0 Å². The number of thioether (sulfide) groups is 1. The zero-order valence-electron chi connectivity index (χ0n) is 18.9. The third-order valence-electron chi connectivity index (χ3n) is 4.99. The Bertz CT molecular complexity index is 1100. The van der Waals surface area contributed by atoms with Crippen LogP contribution in [0.4, 0.5) is 11.5 Å². The van der Waals surface area contributed by atoms with Crippen molar-refractivity contribution >= 4 is 46.0 Å². The van der Waals surface area contributed by atoms with Crippen LogP contribution in [0.2, 0.25) is 0 Å². The number of carbonyl (C=O) groups is 2. The molecule has 1 heterocycles. The van der Waals surface area contributed by atoms with E-state index in [2.05, 4.69) is 20.6 Å². The molecule has 7 nitrogen and oxygen atoms in total. The molecule has 0 radical (unpaired) electrons. The maximum Gasteiger partial charge on any atom is 0.243 e. The Balaban J connectivity index is 1.65. The Morgan fingerprint density at radius 1 is 1.06 bits per heavy atom. The smallest absolute Gasteiger partial charge is 0.243 e. The van der Waals surface area contributed by atoms with E-state index in [1.165, 1.54) is 16.7 Å². The number of rotatable bonds is 9. The van der Waals surface area contributed by atoms with Crippen LogP contribution in [0.3, 0.4) is 0 Å². The van der Waals surface area contributed by atoms with E-state index in [0.717, 1.165) is 40.9 Å². The van der Waals surface area contributed by atoms with Gasteiger partial charge in [-0.3, -0.25) is 9.59 Å². The number of benzene rings is 2. The van der Waals surface area contributed by atoms with Gasteiger partial charge in [-0.25, -0.2) is 9.97 Å². The first-order valence-corrected chi connectivity index (χ1v) is 11.6. The number of para-hydroxylation sites is 2. The van der Waals surface area contributed by atoms with Gasteiger partial charge in [0.1, 0.15) is 5.82 Å². The lowest BCUT2D eigenvalue weighted by Crippen LogP contribution is -2.39. The summed E-state index contributed by atoms with van der Waals surface area (Å²) in [6.45, 7) is 6.56. The number of hydrogen-bond donors (Lipinski definition) is 2. The average molecular weight is 452 g/mol. The Hall–Kier alpha value is -3.13. The summed E-state index contributed by atoms with van der Waals surface area (Å²) in [7, 11) is 1.63. The normalized spacial score (nSPS) is 11.8. The monoisotopic (exact) mass is 451 g/mol. The topological polar surface area (TPSA) is 87.2 Å². The Morgan fingerprint density at radius 2 is 1.78 bits per heavy atom. The summed E-state index contributed by atoms with van der Waals surface area (Å²) in [6, 6.07) is 15.5. The first-order valence-electron chi connectivity index (χ1n) is 10.7. The number of aryl methyl sites for hydroxylation is 1. The highest BCUT2D eigenvalue weighted by atomic mass is 32.2. The van der Waals surface area contributed by atoms with Crippen LogP contribution in [0.5, 0.6) is 0 Å². The van der Waals surface area contributed by atoms with E-state index in [9.17, 15) is 9.59 Å². The molecule has 0 fully saturated rings. The molecule has 0 aliphatic rings. The number of hydrogen-bond acceptors (Lipinski definition) is 6. The van der Waals surface area contributed by atoms with Gasteiger partial charge < -0.3 is 15.5 Å². The van der Waals surface area contributed by atoms with Gasteiger partial charge in [-0.1, -0.05) is 49.0 Å². The van der Waals surface area contributed by atoms with E-state index < -0.39 is 5.25 Å². The van der Waals surface area contributed by atoms with E-state index in [-0.39, 0.29) is 18.4 Å². The lowest BCUT2D eigenvalue weighted by Gasteiger charge is -2.21. The number of carbonyl (C=O) groups excluding carboxylic acids is 2. The number of nitrogens with one attached hydrogen (secondary N) is 2. The van der Waals surface area contributed by atoms with Crippen molar-refractivity contribution < 1.29 is 9.59 Å². The van der Waals surface area contributed by atoms with Gasteiger partial charge in [0, 0.05) is 24.7 Å². The summed E-state index contributed by atoms with van der Waals surface area (Å²) in [5.74, 6) is 0.369. The summed E-state index contributed by atoms with van der Waals surface area (Å²) < 4.78 is 0. The molecule has 0 bridgehead atoms.